The van der Waals surface area contributed by atoms with Gasteiger partial charge in [0.05, 0.1) is 6.61 Å². The van der Waals surface area contributed by atoms with E-state index in [0.717, 1.165) is 25.3 Å². The third-order valence-electron chi connectivity index (χ3n) is 3.10. The predicted molar refractivity (Wildman–Crippen MR) is 78.5 cm³/mol. The van der Waals surface area contributed by atoms with Crippen LogP contribution in [0.5, 0.6) is 5.75 Å². The zero-order valence-electron chi connectivity index (χ0n) is 12.7. The monoisotopic (exact) mass is 249 g/mol. The van der Waals surface area contributed by atoms with Gasteiger partial charge in [0, 0.05) is 5.54 Å². The molecule has 1 N–H and O–H groups in total. The Bertz CT molecular complexity index is 391. The first-order chi connectivity index (χ1) is 8.31. The van der Waals surface area contributed by atoms with E-state index < -0.39 is 0 Å². The third-order valence-corrected chi connectivity index (χ3v) is 3.10. The number of ether oxygens (including phenoxy) is 1. The summed E-state index contributed by atoms with van der Waals surface area (Å²) in [5.41, 5.74) is 3.97. The van der Waals surface area contributed by atoms with E-state index in [2.05, 4.69) is 59.0 Å². The second-order valence-electron chi connectivity index (χ2n) is 6.03. The van der Waals surface area contributed by atoms with Gasteiger partial charge in [0.15, 0.2) is 0 Å². The van der Waals surface area contributed by atoms with Crippen LogP contribution < -0.4 is 10.1 Å². The van der Waals surface area contributed by atoms with Crippen LogP contribution >= 0.6 is 0 Å². The van der Waals surface area contributed by atoms with E-state index >= 15 is 0 Å². The van der Waals surface area contributed by atoms with Crippen LogP contribution in [0.25, 0.3) is 0 Å². The van der Waals surface area contributed by atoms with Gasteiger partial charge in [-0.15, -0.1) is 0 Å². The normalized spacial score (nSPS) is 11.7. The van der Waals surface area contributed by atoms with Crippen LogP contribution in [0.1, 0.15) is 43.9 Å². The molecule has 0 bridgehead atoms. The van der Waals surface area contributed by atoms with Gasteiger partial charge in [0.25, 0.3) is 0 Å². The summed E-state index contributed by atoms with van der Waals surface area (Å²) in [6, 6.07) is 4.28. The molecule has 1 rings (SSSR count). The van der Waals surface area contributed by atoms with Gasteiger partial charge in [-0.25, -0.2) is 0 Å². The molecular formula is C16H27NO. The highest BCUT2D eigenvalue weighted by molar-refractivity contribution is 5.44. The molecule has 0 aromatic heterocycles. The Labute approximate surface area is 112 Å². The highest BCUT2D eigenvalue weighted by Crippen LogP contribution is 2.25. The van der Waals surface area contributed by atoms with E-state index in [1.165, 1.54) is 16.7 Å². The minimum absolute atomic E-state index is 0.190. The Balaban J connectivity index is 2.43. The number of hydrogen-bond acceptors (Lipinski definition) is 2. The van der Waals surface area contributed by atoms with Crippen molar-refractivity contribution in [1.82, 2.24) is 5.32 Å². The van der Waals surface area contributed by atoms with Gasteiger partial charge in [-0.1, -0.05) is 12.1 Å². The highest BCUT2D eigenvalue weighted by Gasteiger charge is 2.08. The summed E-state index contributed by atoms with van der Waals surface area (Å²) in [7, 11) is 0. The summed E-state index contributed by atoms with van der Waals surface area (Å²) in [6.45, 7) is 14.7. The van der Waals surface area contributed by atoms with Gasteiger partial charge in [-0.2, -0.15) is 0 Å². The molecule has 1 aromatic carbocycles. The van der Waals surface area contributed by atoms with Crippen LogP contribution in [0.3, 0.4) is 0 Å². The fourth-order valence-electron chi connectivity index (χ4n) is 1.86. The minimum atomic E-state index is 0.190. The fourth-order valence-corrected chi connectivity index (χ4v) is 1.86. The molecular weight excluding hydrogens is 222 g/mol. The summed E-state index contributed by atoms with van der Waals surface area (Å²) >= 11 is 0. The molecule has 0 atom stereocenters. The first kappa shape index (κ1) is 15.0. The number of nitrogens with one attached hydrogen (secondary N) is 1. The van der Waals surface area contributed by atoms with Crippen molar-refractivity contribution in [3.8, 4) is 5.75 Å². The maximum Gasteiger partial charge on any atom is 0.125 e. The van der Waals surface area contributed by atoms with E-state index in [1.807, 2.05) is 0 Å². The SMILES string of the molecule is Cc1ccc(C)c(OCCCNC(C)(C)C)c1C. The van der Waals surface area contributed by atoms with Crippen LogP contribution in [-0.4, -0.2) is 18.7 Å². The Morgan fingerprint density at radius 2 is 1.67 bits per heavy atom. The van der Waals surface area contributed by atoms with Gasteiger partial charge >= 0.3 is 0 Å². The summed E-state index contributed by atoms with van der Waals surface area (Å²) in [5, 5.41) is 3.47. The topological polar surface area (TPSA) is 21.3 Å². The summed E-state index contributed by atoms with van der Waals surface area (Å²) < 4.78 is 5.92. The third kappa shape index (κ3) is 4.69. The second kappa shape index (κ2) is 6.24. The standard InChI is InChI=1S/C16H27NO/c1-12-8-9-13(2)15(14(12)3)18-11-7-10-17-16(4,5)6/h8-9,17H,7,10-11H2,1-6H3. The molecule has 0 saturated carbocycles. The molecule has 0 amide bonds. The fraction of sp³-hybridized carbons (Fsp3) is 0.625. The molecule has 1 aromatic rings. The van der Waals surface area contributed by atoms with Crippen molar-refractivity contribution in [3.63, 3.8) is 0 Å². The molecule has 0 aliphatic carbocycles. The highest BCUT2D eigenvalue weighted by atomic mass is 16.5. The second-order valence-corrected chi connectivity index (χ2v) is 6.03. The van der Waals surface area contributed by atoms with E-state index in [1.54, 1.807) is 0 Å². The van der Waals surface area contributed by atoms with Crippen molar-refractivity contribution in [3.05, 3.63) is 28.8 Å². The zero-order valence-corrected chi connectivity index (χ0v) is 12.7. The molecule has 0 unspecified atom stereocenters. The first-order valence-corrected chi connectivity index (χ1v) is 6.76. The molecule has 2 nitrogen and oxygen atoms in total. The Kier molecular flexibility index (Phi) is 5.21. The van der Waals surface area contributed by atoms with Gasteiger partial charge in [0.1, 0.15) is 5.75 Å². The summed E-state index contributed by atoms with van der Waals surface area (Å²) in [4.78, 5) is 0. The number of hydrogen-bond donors (Lipinski definition) is 1. The smallest absolute Gasteiger partial charge is 0.125 e. The lowest BCUT2D eigenvalue weighted by Gasteiger charge is -2.20. The molecule has 102 valence electrons. The van der Waals surface area contributed by atoms with Crippen molar-refractivity contribution in [2.24, 2.45) is 0 Å². The van der Waals surface area contributed by atoms with Crippen LogP contribution in [-0.2, 0) is 0 Å². The molecule has 0 heterocycles. The van der Waals surface area contributed by atoms with Crippen LogP contribution in [0.15, 0.2) is 12.1 Å². The Hall–Kier alpha value is -1.02. The van der Waals surface area contributed by atoms with Crippen molar-refractivity contribution in [2.45, 2.75) is 53.5 Å². The van der Waals surface area contributed by atoms with Gasteiger partial charge in [-0.05, 0) is 71.2 Å². The predicted octanol–water partition coefficient (Wildman–Crippen LogP) is 3.77. The molecule has 0 aliphatic heterocycles. The lowest BCUT2D eigenvalue weighted by Crippen LogP contribution is -2.36. The maximum atomic E-state index is 5.92. The minimum Gasteiger partial charge on any atom is -0.493 e. The Morgan fingerprint density at radius 1 is 1.06 bits per heavy atom. The van der Waals surface area contributed by atoms with Crippen LogP contribution in [0.2, 0.25) is 0 Å². The lowest BCUT2D eigenvalue weighted by molar-refractivity contribution is 0.294. The Morgan fingerprint density at radius 3 is 2.28 bits per heavy atom. The quantitative estimate of drug-likeness (QED) is 0.802. The average Bonchev–Trinajstić information content (AvgIpc) is 2.26. The molecule has 18 heavy (non-hydrogen) atoms. The summed E-state index contributed by atoms with van der Waals surface area (Å²) in [6.07, 6.45) is 1.03. The van der Waals surface area contributed by atoms with Crippen molar-refractivity contribution in [2.75, 3.05) is 13.2 Å². The van der Waals surface area contributed by atoms with Gasteiger partial charge in [0.2, 0.25) is 0 Å². The maximum absolute atomic E-state index is 5.92. The molecule has 2 heteroatoms. The van der Waals surface area contributed by atoms with Crippen molar-refractivity contribution < 1.29 is 4.74 Å². The first-order valence-electron chi connectivity index (χ1n) is 6.76. The zero-order chi connectivity index (χ0) is 13.8. The molecule has 0 radical (unpaired) electrons. The lowest BCUT2D eigenvalue weighted by atomic mass is 10.1. The largest absolute Gasteiger partial charge is 0.493 e. The van der Waals surface area contributed by atoms with Crippen LogP contribution in [0, 0.1) is 20.8 Å². The van der Waals surface area contributed by atoms with Crippen molar-refractivity contribution >= 4 is 0 Å². The van der Waals surface area contributed by atoms with E-state index in [0.29, 0.717) is 0 Å². The van der Waals surface area contributed by atoms with Gasteiger partial charge in [-0.3, -0.25) is 0 Å². The molecule has 0 aliphatic rings. The number of benzene rings is 1. The van der Waals surface area contributed by atoms with Crippen molar-refractivity contribution in [1.29, 1.82) is 0 Å². The van der Waals surface area contributed by atoms with E-state index in [9.17, 15) is 0 Å². The molecule has 0 fully saturated rings. The summed E-state index contributed by atoms with van der Waals surface area (Å²) in [5.74, 6) is 1.06. The van der Waals surface area contributed by atoms with Crippen LogP contribution in [0.4, 0.5) is 0 Å². The molecule has 0 spiro atoms. The number of aryl methyl sites for hydroxylation is 2. The average molecular weight is 249 g/mol. The van der Waals surface area contributed by atoms with E-state index in [-0.39, 0.29) is 5.54 Å². The molecule has 0 saturated heterocycles. The number of rotatable bonds is 5. The van der Waals surface area contributed by atoms with Gasteiger partial charge < -0.3 is 10.1 Å². The van der Waals surface area contributed by atoms with E-state index in [4.69, 9.17) is 4.74 Å².